The predicted molar refractivity (Wildman–Crippen MR) is 88.0 cm³/mol. The number of aromatic carboxylic acids is 1. The Balaban J connectivity index is 1.60. The SMILES string of the molecule is O=C(NC1CCCCC1n1cc(C(=O)O)nn1)OCc1ccccc1. The average molecular weight is 344 g/mol. The number of benzene rings is 1. The fourth-order valence-corrected chi connectivity index (χ4v) is 3.05. The van der Waals surface area contributed by atoms with Crippen LogP contribution in [0.4, 0.5) is 4.79 Å². The Bertz CT molecular complexity index is 731. The highest BCUT2D eigenvalue weighted by Gasteiger charge is 2.29. The molecule has 1 aromatic heterocycles. The van der Waals surface area contributed by atoms with Gasteiger partial charge in [0.25, 0.3) is 0 Å². The van der Waals surface area contributed by atoms with Gasteiger partial charge in [-0.25, -0.2) is 14.3 Å². The van der Waals surface area contributed by atoms with Crippen LogP contribution in [0.3, 0.4) is 0 Å². The number of carboxylic acid groups (broad SMARTS) is 1. The van der Waals surface area contributed by atoms with Crippen molar-refractivity contribution in [2.75, 3.05) is 0 Å². The van der Waals surface area contributed by atoms with Crippen LogP contribution in [0.25, 0.3) is 0 Å². The van der Waals surface area contributed by atoms with Gasteiger partial charge >= 0.3 is 12.1 Å². The summed E-state index contributed by atoms with van der Waals surface area (Å²) in [5.41, 5.74) is 0.816. The van der Waals surface area contributed by atoms with E-state index in [-0.39, 0.29) is 24.4 Å². The second-order valence-electron chi connectivity index (χ2n) is 6.05. The first-order chi connectivity index (χ1) is 12.1. The van der Waals surface area contributed by atoms with Crippen molar-refractivity contribution in [1.82, 2.24) is 20.3 Å². The largest absolute Gasteiger partial charge is 0.476 e. The fourth-order valence-electron chi connectivity index (χ4n) is 3.05. The zero-order valence-electron chi connectivity index (χ0n) is 13.7. The number of ether oxygens (including phenoxy) is 1. The number of hydrogen-bond donors (Lipinski definition) is 2. The smallest absolute Gasteiger partial charge is 0.407 e. The number of carboxylic acids is 1. The number of carbonyl (C=O) groups excluding carboxylic acids is 1. The first kappa shape index (κ1) is 16.9. The zero-order valence-corrected chi connectivity index (χ0v) is 13.7. The second-order valence-corrected chi connectivity index (χ2v) is 6.05. The maximum atomic E-state index is 12.1. The molecule has 1 aliphatic rings. The first-order valence-corrected chi connectivity index (χ1v) is 8.26. The van der Waals surface area contributed by atoms with E-state index in [1.165, 1.54) is 10.9 Å². The summed E-state index contributed by atoms with van der Waals surface area (Å²) in [5.74, 6) is -1.12. The van der Waals surface area contributed by atoms with Crippen molar-refractivity contribution in [3.63, 3.8) is 0 Å². The van der Waals surface area contributed by atoms with Crippen molar-refractivity contribution >= 4 is 12.1 Å². The molecule has 2 atom stereocenters. The lowest BCUT2D eigenvalue weighted by Gasteiger charge is -2.31. The summed E-state index contributed by atoms with van der Waals surface area (Å²) in [6.07, 6.45) is 4.48. The summed E-state index contributed by atoms with van der Waals surface area (Å²) in [7, 11) is 0. The molecule has 0 spiro atoms. The maximum absolute atomic E-state index is 12.1. The quantitative estimate of drug-likeness (QED) is 0.862. The van der Waals surface area contributed by atoms with Gasteiger partial charge in [-0.05, 0) is 18.4 Å². The summed E-state index contributed by atoms with van der Waals surface area (Å²) in [6.45, 7) is 0.205. The van der Waals surface area contributed by atoms with E-state index in [1.807, 2.05) is 30.3 Å². The normalized spacial score (nSPS) is 20.0. The highest BCUT2D eigenvalue weighted by Crippen LogP contribution is 2.28. The Kier molecular flexibility index (Phi) is 5.27. The third-order valence-electron chi connectivity index (χ3n) is 4.31. The van der Waals surface area contributed by atoms with Gasteiger partial charge in [0, 0.05) is 0 Å². The van der Waals surface area contributed by atoms with E-state index in [4.69, 9.17) is 9.84 Å². The summed E-state index contributed by atoms with van der Waals surface area (Å²) < 4.78 is 6.80. The molecule has 0 radical (unpaired) electrons. The summed E-state index contributed by atoms with van der Waals surface area (Å²) >= 11 is 0. The van der Waals surface area contributed by atoms with Crippen LogP contribution in [-0.4, -0.2) is 38.2 Å². The van der Waals surface area contributed by atoms with E-state index in [9.17, 15) is 9.59 Å². The van der Waals surface area contributed by atoms with Gasteiger partial charge in [-0.15, -0.1) is 5.10 Å². The fraction of sp³-hybridized carbons (Fsp3) is 0.412. The summed E-state index contributed by atoms with van der Waals surface area (Å²) in [6, 6.07) is 9.16. The molecule has 2 unspecified atom stereocenters. The molecule has 25 heavy (non-hydrogen) atoms. The topological polar surface area (TPSA) is 106 Å². The van der Waals surface area contributed by atoms with Crippen LogP contribution in [0, 0.1) is 0 Å². The minimum Gasteiger partial charge on any atom is -0.476 e. The molecular weight excluding hydrogens is 324 g/mol. The van der Waals surface area contributed by atoms with Crippen molar-refractivity contribution < 1.29 is 19.4 Å². The molecule has 1 aliphatic carbocycles. The molecule has 1 heterocycles. The van der Waals surface area contributed by atoms with Gasteiger partial charge < -0.3 is 15.2 Å². The number of aromatic nitrogens is 3. The van der Waals surface area contributed by atoms with E-state index >= 15 is 0 Å². The van der Waals surface area contributed by atoms with Crippen LogP contribution in [-0.2, 0) is 11.3 Å². The summed E-state index contributed by atoms with van der Waals surface area (Å²) in [5, 5.41) is 19.4. The van der Waals surface area contributed by atoms with Crippen LogP contribution in [0.2, 0.25) is 0 Å². The van der Waals surface area contributed by atoms with Crippen LogP contribution in [0.15, 0.2) is 36.5 Å². The number of nitrogens with one attached hydrogen (secondary N) is 1. The predicted octanol–water partition coefficient (Wildman–Crippen LogP) is 2.39. The molecule has 1 fully saturated rings. The number of alkyl carbamates (subject to hydrolysis) is 1. The molecule has 0 bridgehead atoms. The van der Waals surface area contributed by atoms with Gasteiger partial charge in [-0.3, -0.25) is 0 Å². The lowest BCUT2D eigenvalue weighted by molar-refractivity contribution is 0.0690. The lowest BCUT2D eigenvalue weighted by Crippen LogP contribution is -2.43. The monoisotopic (exact) mass is 344 g/mol. The van der Waals surface area contributed by atoms with Gasteiger partial charge in [0.2, 0.25) is 0 Å². The third-order valence-corrected chi connectivity index (χ3v) is 4.31. The molecule has 0 aliphatic heterocycles. The Morgan fingerprint density at radius 1 is 1.24 bits per heavy atom. The van der Waals surface area contributed by atoms with Crippen LogP contribution >= 0.6 is 0 Å². The minimum atomic E-state index is -1.12. The molecule has 3 rings (SSSR count). The molecule has 2 aromatic rings. The Morgan fingerprint density at radius 2 is 2.00 bits per heavy atom. The van der Waals surface area contributed by atoms with Crippen molar-refractivity contribution in [2.45, 2.75) is 44.4 Å². The van der Waals surface area contributed by atoms with E-state index in [2.05, 4.69) is 15.6 Å². The van der Waals surface area contributed by atoms with E-state index < -0.39 is 12.1 Å². The van der Waals surface area contributed by atoms with Crippen LogP contribution in [0.1, 0.15) is 47.8 Å². The van der Waals surface area contributed by atoms with Crippen molar-refractivity contribution in [2.24, 2.45) is 0 Å². The van der Waals surface area contributed by atoms with Gasteiger partial charge in [0.15, 0.2) is 5.69 Å². The number of rotatable bonds is 5. The van der Waals surface area contributed by atoms with E-state index in [1.54, 1.807) is 0 Å². The molecule has 8 heteroatoms. The minimum absolute atomic E-state index is 0.101. The van der Waals surface area contributed by atoms with E-state index in [0.29, 0.717) is 0 Å². The van der Waals surface area contributed by atoms with Crippen LogP contribution < -0.4 is 5.32 Å². The molecule has 2 N–H and O–H groups in total. The first-order valence-electron chi connectivity index (χ1n) is 8.26. The highest BCUT2D eigenvalue weighted by atomic mass is 16.5. The van der Waals surface area contributed by atoms with Gasteiger partial charge in [0.1, 0.15) is 6.61 Å². The zero-order chi connectivity index (χ0) is 17.6. The molecule has 8 nitrogen and oxygen atoms in total. The van der Waals surface area contributed by atoms with Crippen molar-refractivity contribution in [3.8, 4) is 0 Å². The molecule has 1 aromatic carbocycles. The van der Waals surface area contributed by atoms with E-state index in [0.717, 1.165) is 31.2 Å². The second kappa shape index (κ2) is 7.78. The Labute approximate surface area is 144 Å². The molecule has 1 amide bonds. The molecule has 1 saturated carbocycles. The number of carbonyl (C=O) groups is 2. The summed E-state index contributed by atoms with van der Waals surface area (Å²) in [4.78, 5) is 23.1. The third kappa shape index (κ3) is 4.34. The number of amides is 1. The molecular formula is C17H20N4O4. The van der Waals surface area contributed by atoms with Crippen molar-refractivity contribution in [1.29, 1.82) is 0 Å². The number of nitrogens with zero attached hydrogens (tertiary/aromatic N) is 3. The average Bonchev–Trinajstić information content (AvgIpc) is 3.12. The van der Waals surface area contributed by atoms with Gasteiger partial charge in [-0.2, -0.15) is 0 Å². The highest BCUT2D eigenvalue weighted by molar-refractivity contribution is 5.84. The van der Waals surface area contributed by atoms with Crippen molar-refractivity contribution in [3.05, 3.63) is 47.8 Å². The van der Waals surface area contributed by atoms with Crippen LogP contribution in [0.5, 0.6) is 0 Å². The standard InChI is InChI=1S/C17H20N4O4/c22-16(23)14-10-21(20-19-14)15-9-5-4-8-13(15)18-17(24)25-11-12-6-2-1-3-7-12/h1-3,6-7,10,13,15H,4-5,8-9,11H2,(H,18,24)(H,22,23). The molecule has 0 saturated heterocycles. The van der Waals surface area contributed by atoms with Gasteiger partial charge in [0.05, 0.1) is 18.3 Å². The molecule has 132 valence electrons. The lowest BCUT2D eigenvalue weighted by atomic mass is 9.90. The Morgan fingerprint density at radius 3 is 2.72 bits per heavy atom. The number of hydrogen-bond acceptors (Lipinski definition) is 5. The Hall–Kier alpha value is -2.90. The van der Waals surface area contributed by atoms with Gasteiger partial charge in [-0.1, -0.05) is 48.4 Å². The maximum Gasteiger partial charge on any atom is 0.407 e.